The second kappa shape index (κ2) is 7.50. The van der Waals surface area contributed by atoms with Crippen molar-refractivity contribution in [2.75, 3.05) is 20.3 Å². The third kappa shape index (κ3) is 4.21. The van der Waals surface area contributed by atoms with Gasteiger partial charge in [-0.05, 0) is 19.8 Å². The highest BCUT2D eigenvalue weighted by atomic mass is 16.5. The summed E-state index contributed by atoms with van der Waals surface area (Å²) < 4.78 is 12.7. The molecule has 0 aliphatic rings. The van der Waals surface area contributed by atoms with E-state index in [4.69, 9.17) is 9.47 Å². The van der Waals surface area contributed by atoms with Gasteiger partial charge in [0.05, 0.1) is 25.0 Å². The van der Waals surface area contributed by atoms with Crippen LogP contribution >= 0.6 is 0 Å². The zero-order valence-electron chi connectivity index (χ0n) is 13.0. The van der Waals surface area contributed by atoms with Crippen LogP contribution in [0.15, 0.2) is 0 Å². The minimum atomic E-state index is 0.337. The molecule has 110 valence electrons. The van der Waals surface area contributed by atoms with Crippen LogP contribution in [0.5, 0.6) is 5.88 Å². The van der Waals surface area contributed by atoms with Crippen molar-refractivity contribution in [3.63, 3.8) is 0 Å². The first kappa shape index (κ1) is 16.0. The molecule has 0 spiro atoms. The molecule has 0 radical (unpaired) electrons. The van der Waals surface area contributed by atoms with Gasteiger partial charge in [-0.1, -0.05) is 13.8 Å². The maximum atomic E-state index is 5.52. The van der Waals surface area contributed by atoms with Crippen molar-refractivity contribution in [3.8, 4) is 5.88 Å². The van der Waals surface area contributed by atoms with Gasteiger partial charge in [-0.15, -0.1) is 0 Å². The Kier molecular flexibility index (Phi) is 6.31. The largest absolute Gasteiger partial charge is 0.481 e. The molecule has 1 atom stereocenters. The Morgan fingerprint density at radius 2 is 2.05 bits per heavy atom. The number of nitrogens with zero attached hydrogens (tertiary/aromatic N) is 2. The van der Waals surface area contributed by atoms with E-state index in [2.05, 4.69) is 24.3 Å². The predicted molar refractivity (Wildman–Crippen MR) is 76.5 cm³/mol. The topological polar surface area (TPSA) is 48.3 Å². The molecule has 0 fully saturated rings. The number of ether oxygens (including phenoxy) is 2. The third-order valence-electron chi connectivity index (χ3n) is 3.33. The molecule has 1 rings (SSSR count). The molecule has 0 amide bonds. The van der Waals surface area contributed by atoms with Gasteiger partial charge in [-0.3, -0.25) is 0 Å². The quantitative estimate of drug-likeness (QED) is 0.783. The fourth-order valence-electron chi connectivity index (χ4n) is 2.10. The molecule has 0 aliphatic carbocycles. The summed E-state index contributed by atoms with van der Waals surface area (Å²) in [4.78, 5) is 0. The Labute approximate surface area is 116 Å². The van der Waals surface area contributed by atoms with Gasteiger partial charge in [0.2, 0.25) is 5.88 Å². The predicted octanol–water partition coefficient (Wildman–Crippen LogP) is 1.89. The van der Waals surface area contributed by atoms with Gasteiger partial charge in [0.1, 0.15) is 0 Å². The summed E-state index contributed by atoms with van der Waals surface area (Å²) in [5, 5.41) is 7.93. The van der Waals surface area contributed by atoms with Crippen LogP contribution in [-0.2, 0) is 18.3 Å². The lowest BCUT2D eigenvalue weighted by Gasteiger charge is -2.22. The maximum Gasteiger partial charge on any atom is 0.216 e. The summed E-state index contributed by atoms with van der Waals surface area (Å²) in [7, 11) is 3.58. The van der Waals surface area contributed by atoms with Gasteiger partial charge in [-0.2, -0.15) is 5.10 Å². The smallest absolute Gasteiger partial charge is 0.216 e. The minimum absolute atomic E-state index is 0.337. The number of rotatable bonds is 8. The fraction of sp³-hybridized carbons (Fsp3) is 0.786. The van der Waals surface area contributed by atoms with E-state index in [9.17, 15) is 0 Å². The van der Waals surface area contributed by atoms with Crippen LogP contribution in [0.2, 0.25) is 0 Å². The first-order valence-electron chi connectivity index (χ1n) is 6.88. The van der Waals surface area contributed by atoms with Crippen LogP contribution < -0.4 is 10.1 Å². The number of aromatic nitrogens is 2. The van der Waals surface area contributed by atoms with Crippen LogP contribution in [0.3, 0.4) is 0 Å². The summed E-state index contributed by atoms with van der Waals surface area (Å²) in [5.74, 6) is 1.35. The molecule has 1 heterocycles. The fourth-order valence-corrected chi connectivity index (χ4v) is 2.10. The van der Waals surface area contributed by atoms with Crippen molar-refractivity contribution in [2.45, 2.75) is 40.3 Å². The van der Waals surface area contributed by atoms with Gasteiger partial charge < -0.3 is 14.8 Å². The van der Waals surface area contributed by atoms with Crippen molar-refractivity contribution in [2.24, 2.45) is 13.0 Å². The van der Waals surface area contributed by atoms with E-state index < -0.39 is 0 Å². The third-order valence-corrected chi connectivity index (χ3v) is 3.33. The van der Waals surface area contributed by atoms with Crippen LogP contribution in [0, 0.1) is 12.8 Å². The molecule has 5 heteroatoms. The van der Waals surface area contributed by atoms with Crippen LogP contribution in [0.4, 0.5) is 0 Å². The Hall–Kier alpha value is -1.07. The molecule has 5 nitrogen and oxygen atoms in total. The van der Waals surface area contributed by atoms with E-state index >= 15 is 0 Å². The van der Waals surface area contributed by atoms with Crippen molar-refractivity contribution in [1.29, 1.82) is 0 Å². The van der Waals surface area contributed by atoms with Gasteiger partial charge in [-0.25, -0.2) is 4.68 Å². The minimum Gasteiger partial charge on any atom is -0.481 e. The Balaban J connectivity index is 2.68. The maximum absolute atomic E-state index is 5.52. The molecule has 1 unspecified atom stereocenters. The lowest BCUT2D eigenvalue weighted by atomic mass is 10.0. The van der Waals surface area contributed by atoms with Gasteiger partial charge in [0.15, 0.2) is 0 Å². The van der Waals surface area contributed by atoms with E-state index in [1.54, 1.807) is 11.8 Å². The summed E-state index contributed by atoms with van der Waals surface area (Å²) in [6.45, 7) is 10.7. The number of hydrogen-bond acceptors (Lipinski definition) is 4. The van der Waals surface area contributed by atoms with Crippen molar-refractivity contribution in [3.05, 3.63) is 11.3 Å². The molecule has 0 bridgehead atoms. The van der Waals surface area contributed by atoms with E-state index in [0.29, 0.717) is 12.0 Å². The summed E-state index contributed by atoms with van der Waals surface area (Å²) in [5.41, 5.74) is 2.12. The Bertz CT molecular complexity index is 388. The molecular formula is C14H27N3O2. The molecule has 0 aliphatic heterocycles. The van der Waals surface area contributed by atoms with Crippen LogP contribution in [-0.4, -0.2) is 36.1 Å². The van der Waals surface area contributed by atoms with Gasteiger partial charge >= 0.3 is 0 Å². The van der Waals surface area contributed by atoms with E-state index in [-0.39, 0.29) is 0 Å². The Morgan fingerprint density at radius 1 is 1.37 bits per heavy atom. The summed E-state index contributed by atoms with van der Waals surface area (Å²) in [6.07, 6.45) is 0. The molecule has 0 saturated heterocycles. The number of aryl methyl sites for hydroxylation is 2. The molecule has 1 aromatic heterocycles. The molecule has 0 aromatic carbocycles. The highest BCUT2D eigenvalue weighted by Crippen LogP contribution is 2.21. The van der Waals surface area contributed by atoms with Gasteiger partial charge in [0, 0.05) is 26.2 Å². The molecule has 19 heavy (non-hydrogen) atoms. The van der Waals surface area contributed by atoms with Crippen molar-refractivity contribution in [1.82, 2.24) is 15.1 Å². The molecule has 0 saturated carbocycles. The number of methoxy groups -OCH3 is 1. The summed E-state index contributed by atoms with van der Waals surface area (Å²) >= 11 is 0. The second-order valence-corrected chi connectivity index (χ2v) is 5.09. The zero-order valence-corrected chi connectivity index (χ0v) is 13.0. The molecule has 1 aromatic rings. The first-order valence-corrected chi connectivity index (χ1v) is 6.88. The lowest BCUT2D eigenvalue weighted by Crippen LogP contribution is -2.37. The van der Waals surface area contributed by atoms with Crippen molar-refractivity contribution >= 4 is 0 Å². The standard InChI is InChI=1S/C14H27N3O2/c1-7-19-9-13(10(2)3)15-8-12-11(4)16-17(5)14(12)18-6/h10,13,15H,7-9H2,1-6H3. The molecular weight excluding hydrogens is 242 g/mol. The van der Waals surface area contributed by atoms with Crippen molar-refractivity contribution < 1.29 is 9.47 Å². The lowest BCUT2D eigenvalue weighted by molar-refractivity contribution is 0.107. The highest BCUT2D eigenvalue weighted by Gasteiger charge is 2.17. The van der Waals surface area contributed by atoms with E-state index in [1.165, 1.54) is 0 Å². The highest BCUT2D eigenvalue weighted by molar-refractivity contribution is 5.30. The normalized spacial score (nSPS) is 13.0. The molecule has 1 N–H and O–H groups in total. The first-order chi connectivity index (χ1) is 9.01. The number of hydrogen-bond donors (Lipinski definition) is 1. The van der Waals surface area contributed by atoms with E-state index in [0.717, 1.165) is 36.9 Å². The Morgan fingerprint density at radius 3 is 2.58 bits per heavy atom. The van der Waals surface area contributed by atoms with Crippen LogP contribution in [0.25, 0.3) is 0 Å². The van der Waals surface area contributed by atoms with Gasteiger partial charge in [0.25, 0.3) is 0 Å². The zero-order chi connectivity index (χ0) is 14.4. The summed E-state index contributed by atoms with van der Waals surface area (Å²) in [6, 6.07) is 0.337. The average molecular weight is 269 g/mol. The van der Waals surface area contributed by atoms with E-state index in [1.807, 2.05) is 20.9 Å². The average Bonchev–Trinajstić information content (AvgIpc) is 2.63. The monoisotopic (exact) mass is 269 g/mol. The van der Waals surface area contributed by atoms with Crippen LogP contribution in [0.1, 0.15) is 32.0 Å². The SMILES string of the molecule is CCOCC(NCc1c(C)nn(C)c1OC)C(C)C. The second-order valence-electron chi connectivity index (χ2n) is 5.09. The number of nitrogens with one attached hydrogen (secondary N) is 1.